The van der Waals surface area contributed by atoms with Gasteiger partial charge in [-0.15, -0.1) is 0 Å². The van der Waals surface area contributed by atoms with Crippen LogP contribution in [-0.2, 0) is 20.6 Å². The van der Waals surface area contributed by atoms with E-state index >= 15 is 0 Å². The topological polar surface area (TPSA) is 63.2 Å². The minimum absolute atomic E-state index is 0.0839. The van der Waals surface area contributed by atoms with Gasteiger partial charge in [-0.1, -0.05) is 12.1 Å². The van der Waals surface area contributed by atoms with Gasteiger partial charge in [0.2, 0.25) is 5.91 Å². The largest absolute Gasteiger partial charge is 0.325 e. The molecule has 0 aliphatic carbocycles. The zero-order chi connectivity index (χ0) is 13.6. The molecule has 18 heavy (non-hydrogen) atoms. The third-order valence-electron chi connectivity index (χ3n) is 2.72. The fourth-order valence-electron chi connectivity index (χ4n) is 1.95. The van der Waals surface area contributed by atoms with Crippen molar-refractivity contribution in [1.82, 2.24) is 0 Å². The molecule has 0 radical (unpaired) electrons. The van der Waals surface area contributed by atoms with E-state index in [9.17, 15) is 22.0 Å². The summed E-state index contributed by atoms with van der Waals surface area (Å²) in [5.41, 5.74) is -0.626. The van der Waals surface area contributed by atoms with E-state index in [1.165, 1.54) is 19.1 Å². The molecule has 7 heteroatoms. The maximum atomic E-state index is 13.7. The van der Waals surface area contributed by atoms with Gasteiger partial charge < -0.3 is 5.32 Å². The molecular weight excluding hydrogens is 264 g/mol. The molecule has 0 saturated heterocycles. The SMILES string of the molecule is CC(=O)Nc1cccc2c1S(=O)(=O)CCC2(F)F. The average Bonchev–Trinajstić information content (AvgIpc) is 2.24. The number of halogens is 2. The molecule has 1 aliphatic heterocycles. The number of carbonyl (C=O) groups is 1. The van der Waals surface area contributed by atoms with Gasteiger partial charge in [-0.3, -0.25) is 4.79 Å². The van der Waals surface area contributed by atoms with Gasteiger partial charge in [0, 0.05) is 18.9 Å². The van der Waals surface area contributed by atoms with Crippen LogP contribution in [0.1, 0.15) is 18.9 Å². The first-order chi connectivity index (χ1) is 8.24. The number of hydrogen-bond donors (Lipinski definition) is 1. The van der Waals surface area contributed by atoms with E-state index in [1.54, 1.807) is 0 Å². The number of sulfone groups is 1. The molecule has 0 saturated carbocycles. The number of nitrogens with one attached hydrogen (secondary N) is 1. The van der Waals surface area contributed by atoms with Crippen LogP contribution < -0.4 is 5.32 Å². The first-order valence-corrected chi connectivity index (χ1v) is 6.91. The van der Waals surface area contributed by atoms with Crippen molar-refractivity contribution in [2.24, 2.45) is 0 Å². The van der Waals surface area contributed by atoms with E-state index in [2.05, 4.69) is 5.32 Å². The summed E-state index contributed by atoms with van der Waals surface area (Å²) in [5.74, 6) is -4.31. The first-order valence-electron chi connectivity index (χ1n) is 5.26. The van der Waals surface area contributed by atoms with E-state index in [0.29, 0.717) is 0 Å². The second-order valence-corrected chi connectivity index (χ2v) is 6.18. The van der Waals surface area contributed by atoms with Crippen molar-refractivity contribution in [3.63, 3.8) is 0 Å². The lowest BCUT2D eigenvalue weighted by molar-refractivity contribution is -0.114. The maximum absolute atomic E-state index is 13.7. The highest BCUT2D eigenvalue weighted by Gasteiger charge is 2.44. The molecule has 4 nitrogen and oxygen atoms in total. The highest BCUT2D eigenvalue weighted by molar-refractivity contribution is 7.91. The number of carbonyl (C=O) groups excluding carboxylic acids is 1. The molecule has 1 amide bonds. The Kier molecular flexibility index (Phi) is 2.89. The van der Waals surface area contributed by atoms with Crippen LogP contribution in [-0.4, -0.2) is 20.1 Å². The number of anilines is 1. The number of rotatable bonds is 1. The number of hydrogen-bond acceptors (Lipinski definition) is 3. The van der Waals surface area contributed by atoms with Crippen molar-refractivity contribution in [2.75, 3.05) is 11.1 Å². The standard InChI is InChI=1S/C11H11F2NO3S/c1-7(15)14-9-4-2-3-8-10(9)18(16,17)6-5-11(8,12)13/h2-4H,5-6H2,1H3,(H,14,15). The van der Waals surface area contributed by atoms with E-state index < -0.39 is 44.3 Å². The Morgan fingerprint density at radius 2 is 2.06 bits per heavy atom. The van der Waals surface area contributed by atoms with E-state index in [4.69, 9.17) is 0 Å². The predicted molar refractivity (Wildman–Crippen MR) is 61.3 cm³/mol. The Morgan fingerprint density at radius 3 is 2.67 bits per heavy atom. The van der Waals surface area contributed by atoms with Crippen LogP contribution in [0.2, 0.25) is 0 Å². The molecule has 0 fully saturated rings. The second kappa shape index (κ2) is 4.01. The highest BCUT2D eigenvalue weighted by atomic mass is 32.2. The van der Waals surface area contributed by atoms with E-state index in [-0.39, 0.29) is 5.69 Å². The molecular formula is C11H11F2NO3S. The van der Waals surface area contributed by atoms with Gasteiger partial charge in [-0.25, -0.2) is 17.2 Å². The minimum atomic E-state index is -3.78. The lowest BCUT2D eigenvalue weighted by atomic mass is 10.0. The van der Waals surface area contributed by atoms with Crippen LogP contribution in [0, 0.1) is 0 Å². The van der Waals surface area contributed by atoms with Crippen molar-refractivity contribution < 1.29 is 22.0 Å². The second-order valence-electron chi connectivity index (χ2n) is 4.14. The van der Waals surface area contributed by atoms with Crippen molar-refractivity contribution in [1.29, 1.82) is 0 Å². The molecule has 0 spiro atoms. The monoisotopic (exact) mass is 275 g/mol. The van der Waals surface area contributed by atoms with Crippen molar-refractivity contribution >= 4 is 21.4 Å². The van der Waals surface area contributed by atoms with Gasteiger partial charge in [0.15, 0.2) is 9.84 Å². The van der Waals surface area contributed by atoms with Crippen molar-refractivity contribution in [3.8, 4) is 0 Å². The fraction of sp³-hybridized carbons (Fsp3) is 0.364. The van der Waals surface area contributed by atoms with Crippen LogP contribution in [0.5, 0.6) is 0 Å². The maximum Gasteiger partial charge on any atom is 0.275 e. The van der Waals surface area contributed by atoms with Crippen LogP contribution >= 0.6 is 0 Å². The molecule has 0 bridgehead atoms. The number of amides is 1. The Labute approximate surface area is 103 Å². The lowest BCUT2D eigenvalue weighted by Crippen LogP contribution is -2.29. The Hall–Kier alpha value is -1.50. The Bertz CT molecular complexity index is 611. The van der Waals surface area contributed by atoms with Gasteiger partial charge in [-0.2, -0.15) is 0 Å². The molecule has 98 valence electrons. The lowest BCUT2D eigenvalue weighted by Gasteiger charge is -2.26. The van der Waals surface area contributed by atoms with Crippen LogP contribution in [0.4, 0.5) is 14.5 Å². The summed E-state index contributed by atoms with van der Waals surface area (Å²) in [7, 11) is -3.78. The Morgan fingerprint density at radius 1 is 1.39 bits per heavy atom. The molecule has 1 aromatic carbocycles. The molecule has 1 aliphatic rings. The summed E-state index contributed by atoms with van der Waals surface area (Å²) in [6.07, 6.45) is -0.730. The summed E-state index contributed by atoms with van der Waals surface area (Å²) >= 11 is 0. The van der Waals surface area contributed by atoms with E-state index in [1.807, 2.05) is 0 Å². The summed E-state index contributed by atoms with van der Waals surface area (Å²) in [5, 5.41) is 2.27. The van der Waals surface area contributed by atoms with Crippen LogP contribution in [0.3, 0.4) is 0 Å². The molecule has 0 atom stereocenters. The average molecular weight is 275 g/mol. The predicted octanol–water partition coefficient (Wildman–Crippen LogP) is 1.91. The van der Waals surface area contributed by atoms with Gasteiger partial charge in [0.1, 0.15) is 0 Å². The zero-order valence-electron chi connectivity index (χ0n) is 9.54. The third-order valence-corrected chi connectivity index (χ3v) is 4.52. The van der Waals surface area contributed by atoms with E-state index in [0.717, 1.165) is 6.07 Å². The molecule has 0 aromatic heterocycles. The van der Waals surface area contributed by atoms with Gasteiger partial charge in [-0.05, 0) is 6.07 Å². The minimum Gasteiger partial charge on any atom is -0.325 e. The summed E-state index contributed by atoms with van der Waals surface area (Å²) in [4.78, 5) is 10.5. The molecule has 2 rings (SSSR count). The third kappa shape index (κ3) is 2.10. The quantitative estimate of drug-likeness (QED) is 0.851. The first kappa shape index (κ1) is 12.9. The summed E-state index contributed by atoms with van der Waals surface area (Å²) < 4.78 is 51.1. The van der Waals surface area contributed by atoms with Gasteiger partial charge in [0.25, 0.3) is 5.92 Å². The highest BCUT2D eigenvalue weighted by Crippen LogP contribution is 2.43. The number of benzene rings is 1. The van der Waals surface area contributed by atoms with Gasteiger partial charge in [0.05, 0.1) is 16.3 Å². The molecule has 1 heterocycles. The van der Waals surface area contributed by atoms with Crippen molar-refractivity contribution in [2.45, 2.75) is 24.2 Å². The summed E-state index contributed by atoms with van der Waals surface area (Å²) in [6, 6.07) is 3.69. The zero-order valence-corrected chi connectivity index (χ0v) is 10.4. The molecule has 1 N–H and O–H groups in total. The Balaban J connectivity index is 2.71. The van der Waals surface area contributed by atoms with Crippen LogP contribution in [0.15, 0.2) is 23.1 Å². The van der Waals surface area contributed by atoms with Crippen molar-refractivity contribution in [3.05, 3.63) is 23.8 Å². The number of alkyl halides is 2. The number of fused-ring (bicyclic) bond motifs is 1. The molecule has 0 unspecified atom stereocenters. The smallest absolute Gasteiger partial charge is 0.275 e. The summed E-state index contributed by atoms with van der Waals surface area (Å²) in [6.45, 7) is 1.19. The normalized spacial score (nSPS) is 19.9. The van der Waals surface area contributed by atoms with Crippen LogP contribution in [0.25, 0.3) is 0 Å². The molecule has 1 aromatic rings. The van der Waals surface area contributed by atoms with Gasteiger partial charge >= 0.3 is 0 Å². The fourth-order valence-corrected chi connectivity index (χ4v) is 3.68.